The Kier molecular flexibility index (Phi) is 3.23. The number of likely N-dealkylation sites (N-methyl/N-ethyl adjacent to an activating group) is 1. The molecule has 2 aliphatic rings. The average molecular weight is 321 g/mol. The third kappa shape index (κ3) is 2.11. The molecule has 1 N–H and O–H groups in total. The highest BCUT2D eigenvalue weighted by molar-refractivity contribution is 5.88. The van der Waals surface area contributed by atoms with Crippen molar-refractivity contribution < 1.29 is 0 Å². The largest absolute Gasteiger partial charge is 0.361 e. The number of hydrogen-bond donors (Lipinski definition) is 1. The predicted octanol–water partition coefficient (Wildman–Crippen LogP) is 2.81. The van der Waals surface area contributed by atoms with E-state index < -0.39 is 0 Å². The van der Waals surface area contributed by atoms with E-state index in [9.17, 15) is 0 Å². The van der Waals surface area contributed by atoms with Gasteiger partial charge in [0.05, 0.1) is 0 Å². The summed E-state index contributed by atoms with van der Waals surface area (Å²) in [5, 5.41) is 5.80. The molecule has 1 fully saturated rings. The Balaban J connectivity index is 1.53. The fraction of sp³-hybridized carbons (Fsp3) is 0.474. The maximum absolute atomic E-state index is 4.31. The molecule has 124 valence electrons. The van der Waals surface area contributed by atoms with Crippen LogP contribution in [-0.2, 0) is 13.0 Å². The van der Waals surface area contributed by atoms with Gasteiger partial charge in [-0.05, 0) is 42.5 Å². The topological polar surface area (TPSA) is 49.7 Å². The minimum Gasteiger partial charge on any atom is -0.361 e. The smallest absolute Gasteiger partial charge is 0.137 e. The van der Waals surface area contributed by atoms with Gasteiger partial charge in [0, 0.05) is 42.1 Å². The Labute approximate surface area is 141 Å². The summed E-state index contributed by atoms with van der Waals surface area (Å²) in [5.74, 6) is 1.25. The SMILES string of the molecule is CCN1C[C@H](Cn2cncn2)CC2c3cccc4[nH]cc(c34)C[C@H]21. The van der Waals surface area contributed by atoms with Crippen LogP contribution in [0, 0.1) is 5.92 Å². The minimum atomic E-state index is 0.624. The summed E-state index contributed by atoms with van der Waals surface area (Å²) in [4.78, 5) is 10.3. The van der Waals surface area contributed by atoms with Gasteiger partial charge in [-0.2, -0.15) is 5.10 Å². The van der Waals surface area contributed by atoms with Crippen LogP contribution in [0.1, 0.15) is 30.4 Å². The first-order chi connectivity index (χ1) is 11.8. The summed E-state index contributed by atoms with van der Waals surface area (Å²) in [6.45, 7) is 5.54. The second-order valence-electron chi connectivity index (χ2n) is 7.27. The molecular formula is C19H23N5. The molecule has 1 aromatic carbocycles. The molecule has 1 aliphatic heterocycles. The van der Waals surface area contributed by atoms with Crippen LogP contribution in [0.2, 0.25) is 0 Å². The summed E-state index contributed by atoms with van der Waals surface area (Å²) in [5.41, 5.74) is 4.33. The van der Waals surface area contributed by atoms with Gasteiger partial charge in [0.1, 0.15) is 12.7 Å². The van der Waals surface area contributed by atoms with E-state index in [1.807, 2.05) is 11.0 Å². The van der Waals surface area contributed by atoms with Crippen LogP contribution in [0.15, 0.2) is 37.1 Å². The molecule has 2 aromatic heterocycles. The second kappa shape index (κ2) is 5.45. The maximum atomic E-state index is 4.31. The lowest BCUT2D eigenvalue weighted by Gasteiger charge is -2.46. The molecule has 24 heavy (non-hydrogen) atoms. The van der Waals surface area contributed by atoms with Gasteiger partial charge < -0.3 is 4.98 Å². The van der Waals surface area contributed by atoms with Gasteiger partial charge in [0.2, 0.25) is 0 Å². The van der Waals surface area contributed by atoms with E-state index in [0.29, 0.717) is 17.9 Å². The third-order valence-corrected chi connectivity index (χ3v) is 5.98. The molecule has 3 atom stereocenters. The van der Waals surface area contributed by atoms with Crippen LogP contribution in [0.3, 0.4) is 0 Å². The number of H-pyrrole nitrogens is 1. The van der Waals surface area contributed by atoms with Gasteiger partial charge in [0.25, 0.3) is 0 Å². The number of piperidine rings is 1. The molecule has 3 aromatic rings. The Bertz CT molecular complexity index is 850. The Hall–Kier alpha value is -2.14. The molecule has 0 radical (unpaired) electrons. The second-order valence-corrected chi connectivity index (χ2v) is 7.27. The quantitative estimate of drug-likeness (QED) is 0.807. The highest BCUT2D eigenvalue weighted by Gasteiger charge is 2.40. The first-order valence-corrected chi connectivity index (χ1v) is 8.98. The van der Waals surface area contributed by atoms with Gasteiger partial charge >= 0.3 is 0 Å². The van der Waals surface area contributed by atoms with E-state index in [-0.39, 0.29) is 0 Å². The lowest BCUT2D eigenvalue weighted by molar-refractivity contribution is 0.0813. The Morgan fingerprint density at radius 2 is 2.29 bits per heavy atom. The van der Waals surface area contributed by atoms with Crippen molar-refractivity contribution in [3.05, 3.63) is 48.2 Å². The third-order valence-electron chi connectivity index (χ3n) is 5.98. The zero-order valence-electron chi connectivity index (χ0n) is 14.0. The van der Waals surface area contributed by atoms with E-state index in [1.54, 1.807) is 11.9 Å². The highest BCUT2D eigenvalue weighted by Crippen LogP contribution is 2.44. The molecule has 5 nitrogen and oxygen atoms in total. The molecule has 5 heteroatoms. The van der Waals surface area contributed by atoms with Crippen molar-refractivity contribution in [3.8, 4) is 0 Å². The average Bonchev–Trinajstić information content (AvgIpc) is 3.26. The maximum Gasteiger partial charge on any atom is 0.137 e. The molecule has 0 amide bonds. The monoisotopic (exact) mass is 321 g/mol. The van der Waals surface area contributed by atoms with Gasteiger partial charge in [-0.3, -0.25) is 9.58 Å². The van der Waals surface area contributed by atoms with Crippen LogP contribution >= 0.6 is 0 Å². The zero-order valence-corrected chi connectivity index (χ0v) is 14.0. The van der Waals surface area contributed by atoms with E-state index in [4.69, 9.17) is 0 Å². The molecule has 3 heterocycles. The first kappa shape index (κ1) is 14.2. The minimum absolute atomic E-state index is 0.624. The number of nitrogens with one attached hydrogen (secondary N) is 1. The van der Waals surface area contributed by atoms with Gasteiger partial charge in [-0.15, -0.1) is 0 Å². The van der Waals surface area contributed by atoms with Crippen LogP contribution in [0.25, 0.3) is 10.9 Å². The van der Waals surface area contributed by atoms with E-state index in [2.05, 4.69) is 51.3 Å². The number of nitrogens with zero attached hydrogens (tertiary/aromatic N) is 4. The Morgan fingerprint density at radius 1 is 1.33 bits per heavy atom. The summed E-state index contributed by atoms with van der Waals surface area (Å²) in [6, 6.07) is 7.39. The molecule has 1 unspecified atom stereocenters. The summed E-state index contributed by atoms with van der Waals surface area (Å²) in [7, 11) is 0. The van der Waals surface area contributed by atoms with Crippen LogP contribution in [0.4, 0.5) is 0 Å². The fourth-order valence-electron chi connectivity index (χ4n) is 4.99. The summed E-state index contributed by atoms with van der Waals surface area (Å²) < 4.78 is 1.99. The van der Waals surface area contributed by atoms with Crippen molar-refractivity contribution in [1.29, 1.82) is 0 Å². The highest BCUT2D eigenvalue weighted by atomic mass is 15.3. The van der Waals surface area contributed by atoms with Gasteiger partial charge in [-0.1, -0.05) is 19.1 Å². The lowest BCUT2D eigenvalue weighted by atomic mass is 9.72. The number of likely N-dealkylation sites (tertiary alicyclic amines) is 1. The standard InChI is InChI=1S/C19H23N5/c1-2-23-9-13(10-24-12-20-11-22-24)6-16-15-4-3-5-17-19(15)14(8-21-17)7-18(16)23/h3-5,8,11-13,16,18,21H,2,6-7,9-10H2,1H3/t13-,16?,18-/m1/s1. The van der Waals surface area contributed by atoms with Crippen molar-refractivity contribution in [2.24, 2.45) is 5.92 Å². The van der Waals surface area contributed by atoms with Crippen LogP contribution in [0.5, 0.6) is 0 Å². The lowest BCUT2D eigenvalue weighted by Crippen LogP contribution is -2.50. The first-order valence-electron chi connectivity index (χ1n) is 8.98. The molecule has 0 spiro atoms. The molecule has 5 rings (SSSR count). The number of aromatic amines is 1. The van der Waals surface area contributed by atoms with Crippen molar-refractivity contribution in [2.75, 3.05) is 13.1 Å². The molecular weight excluding hydrogens is 298 g/mol. The van der Waals surface area contributed by atoms with Crippen molar-refractivity contribution >= 4 is 10.9 Å². The van der Waals surface area contributed by atoms with Crippen LogP contribution in [-0.4, -0.2) is 43.8 Å². The van der Waals surface area contributed by atoms with Gasteiger partial charge in [0.15, 0.2) is 0 Å². The van der Waals surface area contributed by atoms with Crippen molar-refractivity contribution in [2.45, 2.75) is 38.3 Å². The van der Waals surface area contributed by atoms with Crippen LogP contribution < -0.4 is 0 Å². The van der Waals surface area contributed by atoms with E-state index >= 15 is 0 Å². The number of hydrogen-bond acceptors (Lipinski definition) is 3. The fourth-order valence-corrected chi connectivity index (χ4v) is 4.99. The molecule has 0 saturated carbocycles. The number of rotatable bonds is 3. The predicted molar refractivity (Wildman–Crippen MR) is 93.9 cm³/mol. The van der Waals surface area contributed by atoms with Crippen molar-refractivity contribution in [3.63, 3.8) is 0 Å². The zero-order chi connectivity index (χ0) is 16.1. The Morgan fingerprint density at radius 3 is 3.12 bits per heavy atom. The summed E-state index contributed by atoms with van der Waals surface area (Å²) in [6.07, 6.45) is 8.11. The molecule has 1 saturated heterocycles. The normalized spacial score (nSPS) is 26.6. The van der Waals surface area contributed by atoms with E-state index in [0.717, 1.165) is 19.6 Å². The van der Waals surface area contributed by atoms with Gasteiger partial charge in [-0.25, -0.2) is 4.98 Å². The van der Waals surface area contributed by atoms with Crippen molar-refractivity contribution in [1.82, 2.24) is 24.6 Å². The molecule has 0 bridgehead atoms. The molecule has 1 aliphatic carbocycles. The number of fused-ring (bicyclic) bond motifs is 2. The number of aromatic nitrogens is 4. The summed E-state index contributed by atoms with van der Waals surface area (Å²) >= 11 is 0. The number of benzene rings is 1. The van der Waals surface area contributed by atoms with E-state index in [1.165, 1.54) is 29.3 Å².